The van der Waals surface area contributed by atoms with Crippen molar-refractivity contribution >= 4 is 28.4 Å². The molecule has 0 amide bonds. The van der Waals surface area contributed by atoms with Crippen LogP contribution in [-0.2, 0) is 28.9 Å². The first-order valence-electron chi connectivity index (χ1n) is 10.8. The lowest BCUT2D eigenvalue weighted by Gasteiger charge is -2.16. The van der Waals surface area contributed by atoms with E-state index in [2.05, 4.69) is 4.98 Å². The van der Waals surface area contributed by atoms with Crippen LogP contribution in [0.5, 0.6) is 0 Å². The van der Waals surface area contributed by atoms with E-state index >= 15 is 0 Å². The van der Waals surface area contributed by atoms with Crippen LogP contribution in [0.2, 0.25) is 0 Å². The number of rotatable bonds is 4. The monoisotopic (exact) mass is 516 g/mol. The van der Waals surface area contributed by atoms with Gasteiger partial charge in [-0.05, 0) is 67.8 Å². The number of hydrogen-bond acceptors (Lipinski definition) is 5. The van der Waals surface area contributed by atoms with Gasteiger partial charge in [0.2, 0.25) is 0 Å². The number of esters is 1. The molecule has 0 radical (unpaired) electrons. The molecule has 0 bridgehead atoms. The highest BCUT2D eigenvalue weighted by Gasteiger charge is 2.32. The fraction of sp³-hybridized carbons (Fsp3) is 0.231. The van der Waals surface area contributed by atoms with Gasteiger partial charge in [-0.2, -0.15) is 21.6 Å². The van der Waals surface area contributed by atoms with E-state index in [1.54, 1.807) is 6.92 Å². The first-order valence-corrected chi connectivity index (χ1v) is 11.4. The summed E-state index contributed by atoms with van der Waals surface area (Å²) in [5.41, 5.74) is 4.60. The molecule has 0 saturated carbocycles. The van der Waals surface area contributed by atoms with Gasteiger partial charge in [0.25, 0.3) is 0 Å². The average molecular weight is 517 g/mol. The number of nitrogens with zero attached hydrogens (tertiary/aromatic N) is 2. The number of aromatic nitrogens is 2. The van der Waals surface area contributed by atoms with Crippen molar-refractivity contribution in [3.63, 3.8) is 0 Å². The number of ether oxygens (including phenoxy) is 1. The molecule has 188 valence electrons. The summed E-state index contributed by atoms with van der Waals surface area (Å²) in [6.07, 6.45) is -2.57. The van der Waals surface area contributed by atoms with Crippen LogP contribution in [0, 0.1) is 20.8 Å². The summed E-state index contributed by atoms with van der Waals surface area (Å²) in [7, 11) is 1.32. The molecular formula is C26H23F3N2O4S. The lowest BCUT2D eigenvalue weighted by atomic mass is 9.98. The van der Waals surface area contributed by atoms with Gasteiger partial charge in [0, 0.05) is 35.1 Å². The number of methoxy groups -OCH3 is 1. The lowest BCUT2D eigenvalue weighted by Crippen LogP contribution is -2.10. The Morgan fingerprint density at radius 2 is 1.69 bits per heavy atom. The minimum Gasteiger partial charge on any atom is -0.465 e. The van der Waals surface area contributed by atoms with Crippen molar-refractivity contribution in [2.45, 2.75) is 33.4 Å². The molecule has 0 saturated heterocycles. The van der Waals surface area contributed by atoms with E-state index in [0.717, 1.165) is 33.6 Å². The van der Waals surface area contributed by atoms with Crippen molar-refractivity contribution in [3.05, 3.63) is 93.9 Å². The van der Waals surface area contributed by atoms with Crippen LogP contribution in [-0.4, -0.2) is 31.0 Å². The van der Waals surface area contributed by atoms with Crippen molar-refractivity contribution in [2.24, 2.45) is 0 Å². The lowest BCUT2D eigenvalue weighted by molar-refractivity contribution is -0.137. The van der Waals surface area contributed by atoms with Crippen LogP contribution in [0.4, 0.5) is 13.2 Å². The van der Waals surface area contributed by atoms with Crippen LogP contribution in [0.15, 0.2) is 54.7 Å². The number of para-hydroxylation sites is 1. The predicted octanol–water partition coefficient (Wildman–Crippen LogP) is 5.68. The Morgan fingerprint density at radius 1 is 1.06 bits per heavy atom. The van der Waals surface area contributed by atoms with E-state index in [1.165, 1.54) is 25.4 Å². The molecule has 0 unspecified atom stereocenters. The number of pyridine rings is 1. The van der Waals surface area contributed by atoms with E-state index in [9.17, 15) is 18.0 Å². The van der Waals surface area contributed by atoms with Crippen LogP contribution in [0.25, 0.3) is 16.6 Å². The Labute approximate surface area is 209 Å². The Hall–Kier alpha value is -3.79. The number of alkyl halides is 3. The second-order valence-electron chi connectivity index (χ2n) is 8.13. The normalized spacial score (nSPS) is 11.1. The first-order chi connectivity index (χ1) is 17.0. The van der Waals surface area contributed by atoms with E-state index in [1.807, 2.05) is 54.8 Å². The molecule has 4 aromatic rings. The SMILES string of the molecule is COC(=O)c1cnc(C)c(Cc2cc3c(C)cc(C(F)(F)F)cc3n2-c2ccccc2)c1C.O=S=O. The number of hydrogen-bond donors (Lipinski definition) is 0. The molecule has 0 fully saturated rings. The fourth-order valence-corrected chi connectivity index (χ4v) is 4.24. The summed E-state index contributed by atoms with van der Waals surface area (Å²) in [6, 6.07) is 13.6. The van der Waals surface area contributed by atoms with Gasteiger partial charge >= 0.3 is 23.7 Å². The van der Waals surface area contributed by atoms with Crippen LogP contribution >= 0.6 is 0 Å². The summed E-state index contributed by atoms with van der Waals surface area (Å²) in [6.45, 7) is 5.37. The Bertz CT molecular complexity index is 1460. The van der Waals surface area contributed by atoms with Crippen molar-refractivity contribution in [1.29, 1.82) is 0 Å². The molecule has 10 heteroatoms. The fourth-order valence-electron chi connectivity index (χ4n) is 4.24. The van der Waals surface area contributed by atoms with Gasteiger partial charge in [0.1, 0.15) is 0 Å². The summed E-state index contributed by atoms with van der Waals surface area (Å²) in [4.78, 5) is 16.5. The number of carbonyl (C=O) groups is 1. The molecule has 0 aliphatic rings. The molecule has 0 spiro atoms. The summed E-state index contributed by atoms with van der Waals surface area (Å²) in [5, 5.41) is 0.745. The maximum atomic E-state index is 13.6. The maximum absolute atomic E-state index is 13.6. The van der Waals surface area contributed by atoms with Gasteiger partial charge in [-0.25, -0.2) is 4.79 Å². The van der Waals surface area contributed by atoms with E-state index < -0.39 is 29.3 Å². The van der Waals surface area contributed by atoms with E-state index in [4.69, 9.17) is 13.2 Å². The second-order valence-corrected chi connectivity index (χ2v) is 8.26. The third kappa shape index (κ3) is 5.38. The number of carbonyl (C=O) groups excluding carboxylic acids is 1. The number of halogens is 3. The van der Waals surface area contributed by atoms with Crippen molar-refractivity contribution in [1.82, 2.24) is 9.55 Å². The van der Waals surface area contributed by atoms with Crippen LogP contribution < -0.4 is 0 Å². The average Bonchev–Trinajstić information content (AvgIpc) is 3.20. The van der Waals surface area contributed by atoms with E-state index in [-0.39, 0.29) is 0 Å². The highest BCUT2D eigenvalue weighted by atomic mass is 32.1. The minimum atomic E-state index is -4.45. The molecule has 4 rings (SSSR count). The number of aryl methyl sites for hydroxylation is 2. The molecule has 2 heterocycles. The standard InChI is InChI=1S/C26H23F3N2O2.O2S/c1-15-10-18(26(27,28)29)11-24-21(15)12-20(31(24)19-8-6-5-7-9-19)13-22-16(2)23(25(32)33-4)14-30-17(22)3;1-3-2/h5-12,14H,13H2,1-4H3;. The number of benzene rings is 2. The molecule has 0 N–H and O–H groups in total. The molecule has 2 aromatic heterocycles. The molecule has 2 aromatic carbocycles. The molecule has 0 aliphatic carbocycles. The van der Waals surface area contributed by atoms with Crippen LogP contribution in [0.3, 0.4) is 0 Å². The highest BCUT2D eigenvalue weighted by Crippen LogP contribution is 2.36. The maximum Gasteiger partial charge on any atom is 0.416 e. The van der Waals surface area contributed by atoms with Gasteiger partial charge in [-0.3, -0.25) is 4.98 Å². The van der Waals surface area contributed by atoms with Crippen molar-refractivity contribution in [3.8, 4) is 5.69 Å². The van der Waals surface area contributed by atoms with Gasteiger partial charge in [0.05, 0.1) is 23.8 Å². The quantitative estimate of drug-likeness (QED) is 0.326. The Balaban J connectivity index is 0.00000115. The second kappa shape index (κ2) is 10.9. The predicted molar refractivity (Wildman–Crippen MR) is 130 cm³/mol. The van der Waals surface area contributed by atoms with E-state index in [0.29, 0.717) is 23.1 Å². The first kappa shape index (κ1) is 26.8. The van der Waals surface area contributed by atoms with Crippen molar-refractivity contribution < 1.29 is 31.1 Å². The molecule has 36 heavy (non-hydrogen) atoms. The topological polar surface area (TPSA) is 78.3 Å². The third-order valence-corrected chi connectivity index (χ3v) is 5.99. The molecule has 0 aliphatic heterocycles. The highest BCUT2D eigenvalue weighted by molar-refractivity contribution is 7.51. The zero-order chi connectivity index (χ0) is 26.6. The smallest absolute Gasteiger partial charge is 0.416 e. The summed E-state index contributed by atoms with van der Waals surface area (Å²) < 4.78 is 64.1. The minimum absolute atomic E-state index is 0.371. The zero-order valence-electron chi connectivity index (χ0n) is 20.0. The largest absolute Gasteiger partial charge is 0.465 e. The molecule has 0 atom stereocenters. The molecule has 6 nitrogen and oxygen atoms in total. The third-order valence-electron chi connectivity index (χ3n) is 5.99. The summed E-state index contributed by atoms with van der Waals surface area (Å²) in [5.74, 6) is -0.476. The van der Waals surface area contributed by atoms with Gasteiger partial charge in [-0.1, -0.05) is 18.2 Å². The van der Waals surface area contributed by atoms with Gasteiger partial charge in [-0.15, -0.1) is 0 Å². The van der Waals surface area contributed by atoms with Crippen molar-refractivity contribution in [2.75, 3.05) is 7.11 Å². The van der Waals surface area contributed by atoms with Gasteiger partial charge < -0.3 is 9.30 Å². The molecular weight excluding hydrogens is 493 g/mol. The Morgan fingerprint density at radius 3 is 2.28 bits per heavy atom. The summed E-state index contributed by atoms with van der Waals surface area (Å²) >= 11 is -0.750. The Kier molecular flexibility index (Phi) is 8.09. The zero-order valence-corrected chi connectivity index (χ0v) is 20.8. The number of fused-ring (bicyclic) bond motifs is 1. The van der Waals surface area contributed by atoms with Gasteiger partial charge in [0.15, 0.2) is 0 Å². The van der Waals surface area contributed by atoms with Crippen LogP contribution in [0.1, 0.15) is 44.0 Å².